The van der Waals surface area contributed by atoms with E-state index in [2.05, 4.69) is 26.6 Å². The summed E-state index contributed by atoms with van der Waals surface area (Å²) in [6.45, 7) is 3.85. The number of carbonyl (C=O) groups is 3. The molecule has 0 aliphatic carbocycles. The smallest absolute Gasteiger partial charge is 0.317 e. The molecule has 0 spiro atoms. The van der Waals surface area contributed by atoms with Crippen molar-refractivity contribution in [2.75, 3.05) is 0 Å². The number of hydrogen-bond donors (Lipinski definition) is 2. The summed E-state index contributed by atoms with van der Waals surface area (Å²) in [4.78, 5) is 34.9. The molecule has 1 aromatic carbocycles. The number of carbonyl (C=O) groups excluding carboxylic acids is 3. The minimum Gasteiger partial charge on any atom is -0.317 e. The van der Waals surface area contributed by atoms with Crippen LogP contribution in [-0.2, 0) is 9.59 Å². The molecular weight excluding hydrogens is 374 g/mol. The molecule has 0 atom stereocenters. The van der Waals surface area contributed by atoms with Crippen molar-refractivity contribution in [3.63, 3.8) is 0 Å². The number of rotatable bonds is 2. The second-order valence-corrected chi connectivity index (χ2v) is 6.26. The molecule has 122 valence electrons. The molecule has 1 aromatic heterocycles. The maximum Gasteiger partial charge on any atom is 0.328 e. The highest BCUT2D eigenvalue weighted by molar-refractivity contribution is 9.10. The maximum atomic E-state index is 11.9. The van der Waals surface area contributed by atoms with E-state index >= 15 is 0 Å². The SMILES string of the molecule is Cc1cc(C=C2C(=O)NC(=O)NC2=O)c(C)n1-c1ccccc1Br. The lowest BCUT2D eigenvalue weighted by Crippen LogP contribution is -2.51. The van der Waals surface area contributed by atoms with Crippen molar-refractivity contribution in [3.8, 4) is 5.69 Å². The summed E-state index contributed by atoms with van der Waals surface area (Å²) in [6, 6.07) is 8.86. The zero-order chi connectivity index (χ0) is 17.4. The number of halogens is 1. The Morgan fingerprint density at radius 2 is 1.67 bits per heavy atom. The Morgan fingerprint density at radius 1 is 1.04 bits per heavy atom. The van der Waals surface area contributed by atoms with Gasteiger partial charge in [-0.3, -0.25) is 20.2 Å². The van der Waals surface area contributed by atoms with E-state index in [4.69, 9.17) is 0 Å². The van der Waals surface area contributed by atoms with Gasteiger partial charge in [0, 0.05) is 15.9 Å². The number of benzene rings is 1. The number of urea groups is 1. The molecule has 6 nitrogen and oxygen atoms in total. The average molecular weight is 388 g/mol. The van der Waals surface area contributed by atoms with Gasteiger partial charge in [0.05, 0.1) is 5.69 Å². The molecular formula is C17H14BrN3O3. The van der Waals surface area contributed by atoms with Gasteiger partial charge < -0.3 is 4.57 Å². The highest BCUT2D eigenvalue weighted by Crippen LogP contribution is 2.27. The van der Waals surface area contributed by atoms with E-state index in [1.165, 1.54) is 6.08 Å². The number of para-hydroxylation sites is 1. The summed E-state index contributed by atoms with van der Waals surface area (Å²) in [5.74, 6) is -1.40. The second kappa shape index (κ2) is 6.09. The number of barbiturate groups is 1. The number of nitrogens with one attached hydrogen (secondary N) is 2. The quantitative estimate of drug-likeness (QED) is 0.613. The minimum atomic E-state index is -0.805. The van der Waals surface area contributed by atoms with Crippen LogP contribution in [0.2, 0.25) is 0 Å². The first kappa shape index (κ1) is 16.2. The lowest BCUT2D eigenvalue weighted by atomic mass is 10.1. The summed E-state index contributed by atoms with van der Waals surface area (Å²) < 4.78 is 2.96. The zero-order valence-electron chi connectivity index (χ0n) is 13.0. The summed E-state index contributed by atoms with van der Waals surface area (Å²) in [5.41, 5.74) is 3.44. The largest absolute Gasteiger partial charge is 0.328 e. The topological polar surface area (TPSA) is 80.2 Å². The number of aromatic nitrogens is 1. The molecule has 7 heteroatoms. The van der Waals surface area contributed by atoms with Gasteiger partial charge in [0.15, 0.2) is 0 Å². The number of nitrogens with zero attached hydrogens (tertiary/aromatic N) is 1. The predicted octanol–water partition coefficient (Wildman–Crippen LogP) is 2.61. The lowest BCUT2D eigenvalue weighted by molar-refractivity contribution is -0.123. The Morgan fingerprint density at radius 3 is 2.29 bits per heavy atom. The van der Waals surface area contributed by atoms with Crippen LogP contribution in [0.5, 0.6) is 0 Å². The Balaban J connectivity index is 2.09. The van der Waals surface area contributed by atoms with Gasteiger partial charge in [-0.15, -0.1) is 0 Å². The highest BCUT2D eigenvalue weighted by atomic mass is 79.9. The summed E-state index contributed by atoms with van der Waals surface area (Å²) >= 11 is 3.53. The first-order valence-corrected chi connectivity index (χ1v) is 8.00. The Hall–Kier alpha value is -2.67. The van der Waals surface area contributed by atoms with E-state index in [0.717, 1.165) is 27.1 Å². The van der Waals surface area contributed by atoms with Gasteiger partial charge in [0.25, 0.3) is 11.8 Å². The summed E-state index contributed by atoms with van der Waals surface area (Å²) in [6.07, 6.45) is 1.49. The third-order valence-corrected chi connectivity index (χ3v) is 4.48. The van der Waals surface area contributed by atoms with Crippen LogP contribution >= 0.6 is 15.9 Å². The average Bonchev–Trinajstić information content (AvgIpc) is 2.78. The van der Waals surface area contributed by atoms with E-state index in [0.29, 0.717) is 0 Å². The molecule has 1 saturated heterocycles. The number of amides is 4. The van der Waals surface area contributed by atoms with Crippen molar-refractivity contribution in [1.82, 2.24) is 15.2 Å². The minimum absolute atomic E-state index is 0.0954. The fourth-order valence-corrected chi connectivity index (χ4v) is 3.16. The molecule has 0 saturated carbocycles. The van der Waals surface area contributed by atoms with Crippen LogP contribution in [0.15, 0.2) is 40.4 Å². The molecule has 24 heavy (non-hydrogen) atoms. The normalized spacial score (nSPS) is 14.5. The van der Waals surface area contributed by atoms with Crippen LogP contribution in [0.4, 0.5) is 4.79 Å². The van der Waals surface area contributed by atoms with Crippen molar-refractivity contribution in [3.05, 3.63) is 57.3 Å². The molecule has 0 radical (unpaired) electrons. The van der Waals surface area contributed by atoms with Crippen molar-refractivity contribution in [1.29, 1.82) is 0 Å². The molecule has 1 aliphatic heterocycles. The molecule has 2 aromatic rings. The first-order valence-electron chi connectivity index (χ1n) is 7.20. The standard InChI is InChI=1S/C17H14BrN3O3/c1-9-7-11(8-12-15(22)19-17(24)20-16(12)23)10(2)21(9)14-6-4-3-5-13(14)18/h3-8H,1-2H3,(H2,19,20,22,23,24). The van der Waals surface area contributed by atoms with Crippen LogP contribution < -0.4 is 10.6 Å². The monoisotopic (exact) mass is 387 g/mol. The molecule has 1 aliphatic rings. The summed E-state index contributed by atoms with van der Waals surface area (Å²) in [5, 5.41) is 4.14. The molecule has 2 heterocycles. The van der Waals surface area contributed by atoms with Crippen LogP contribution in [0, 0.1) is 13.8 Å². The van der Waals surface area contributed by atoms with Crippen LogP contribution in [0.25, 0.3) is 11.8 Å². The molecule has 0 bridgehead atoms. The van der Waals surface area contributed by atoms with Crippen LogP contribution in [0.1, 0.15) is 17.0 Å². The fraction of sp³-hybridized carbons (Fsp3) is 0.118. The van der Waals surface area contributed by atoms with Gasteiger partial charge in [-0.1, -0.05) is 12.1 Å². The van der Waals surface area contributed by atoms with Crippen LogP contribution in [0.3, 0.4) is 0 Å². The summed E-state index contributed by atoms with van der Waals surface area (Å²) in [7, 11) is 0. The van der Waals surface area contributed by atoms with E-state index in [9.17, 15) is 14.4 Å². The van der Waals surface area contributed by atoms with Crippen molar-refractivity contribution >= 4 is 39.9 Å². The predicted molar refractivity (Wildman–Crippen MR) is 92.6 cm³/mol. The molecule has 1 fully saturated rings. The zero-order valence-corrected chi connectivity index (χ0v) is 14.6. The number of aryl methyl sites for hydroxylation is 1. The van der Waals surface area contributed by atoms with Gasteiger partial charge in [-0.25, -0.2) is 4.79 Å². The van der Waals surface area contributed by atoms with Crippen molar-refractivity contribution in [2.45, 2.75) is 13.8 Å². The van der Waals surface area contributed by atoms with Gasteiger partial charge in [0.2, 0.25) is 0 Å². The van der Waals surface area contributed by atoms with Gasteiger partial charge in [-0.2, -0.15) is 0 Å². The Kier molecular flexibility index (Phi) is 4.11. The molecule has 3 rings (SSSR count). The first-order chi connectivity index (χ1) is 11.4. The molecule has 4 amide bonds. The maximum absolute atomic E-state index is 11.9. The van der Waals surface area contributed by atoms with Crippen molar-refractivity contribution < 1.29 is 14.4 Å². The van der Waals surface area contributed by atoms with E-state index in [1.807, 2.05) is 48.7 Å². The van der Waals surface area contributed by atoms with E-state index in [1.54, 1.807) is 0 Å². The van der Waals surface area contributed by atoms with Gasteiger partial charge in [-0.05, 0) is 59.6 Å². The second-order valence-electron chi connectivity index (χ2n) is 5.41. The highest BCUT2D eigenvalue weighted by Gasteiger charge is 2.28. The van der Waals surface area contributed by atoms with E-state index in [-0.39, 0.29) is 5.57 Å². The van der Waals surface area contributed by atoms with E-state index < -0.39 is 17.8 Å². The Bertz CT molecular complexity index is 890. The molecule has 0 unspecified atom stereocenters. The van der Waals surface area contributed by atoms with Gasteiger partial charge in [0.1, 0.15) is 5.57 Å². The number of hydrogen-bond acceptors (Lipinski definition) is 3. The van der Waals surface area contributed by atoms with Crippen molar-refractivity contribution in [2.24, 2.45) is 0 Å². The molecule has 2 N–H and O–H groups in total. The third kappa shape index (κ3) is 2.78. The van der Waals surface area contributed by atoms with Crippen LogP contribution in [-0.4, -0.2) is 22.4 Å². The van der Waals surface area contributed by atoms with Gasteiger partial charge >= 0.3 is 6.03 Å². The Labute approximate surface area is 146 Å². The third-order valence-electron chi connectivity index (χ3n) is 3.81. The number of imide groups is 2. The fourth-order valence-electron chi connectivity index (χ4n) is 2.70. The lowest BCUT2D eigenvalue weighted by Gasteiger charge is -2.14.